The molecule has 0 spiro atoms. The van der Waals surface area contributed by atoms with E-state index < -0.39 is 21.9 Å². The highest BCUT2D eigenvalue weighted by Gasteiger charge is 2.43. The topological polar surface area (TPSA) is 78.0 Å². The van der Waals surface area contributed by atoms with Crippen LogP contribution in [-0.2, 0) is 27.9 Å². The van der Waals surface area contributed by atoms with Gasteiger partial charge >= 0.3 is 6.03 Å². The molecule has 9 heteroatoms. The van der Waals surface area contributed by atoms with Crippen LogP contribution in [0.5, 0.6) is 0 Å². The van der Waals surface area contributed by atoms with Crippen LogP contribution in [0.2, 0.25) is 0 Å². The lowest BCUT2D eigenvalue weighted by molar-refractivity contribution is -0.128. The van der Waals surface area contributed by atoms with Crippen LogP contribution < -0.4 is 4.90 Å². The number of nitrogens with zero attached hydrogens (tertiary/aromatic N) is 3. The summed E-state index contributed by atoms with van der Waals surface area (Å²) in [6, 6.07) is 19.1. The minimum Gasteiger partial charge on any atom is -0.338 e. The number of para-hydroxylation sites is 1. The van der Waals surface area contributed by atoms with Gasteiger partial charge < -0.3 is 4.90 Å². The summed E-state index contributed by atoms with van der Waals surface area (Å²) in [5, 5.41) is 0. The van der Waals surface area contributed by atoms with Crippen LogP contribution in [0, 0.1) is 18.7 Å². The van der Waals surface area contributed by atoms with E-state index in [1.165, 1.54) is 35.2 Å². The smallest absolute Gasteiger partial charge is 0.338 e. The van der Waals surface area contributed by atoms with Gasteiger partial charge in [0.25, 0.3) is 10.0 Å². The predicted octanol–water partition coefficient (Wildman–Crippen LogP) is 4.31. The molecule has 1 unspecified atom stereocenters. The standard InChI is InChI=1S/C27H26FN3O4S/c1-19-5-4-6-21(13-19)15-29-16-22(14-26(29)32)17-30-24-7-2-3-8-25(24)36(34,35)31(27(30)33)18-20-9-11-23(28)12-10-20/h2-13,22H,14-18H2,1H3. The molecule has 0 bridgehead atoms. The number of benzene rings is 3. The first kappa shape index (κ1) is 24.0. The normalized spacial score (nSPS) is 19.1. The molecule has 1 atom stereocenters. The number of amides is 3. The van der Waals surface area contributed by atoms with E-state index in [1.807, 2.05) is 31.2 Å². The van der Waals surface area contributed by atoms with Gasteiger partial charge in [0.1, 0.15) is 10.7 Å². The lowest BCUT2D eigenvalue weighted by Gasteiger charge is -2.37. The van der Waals surface area contributed by atoms with Gasteiger partial charge in [0.15, 0.2) is 0 Å². The quantitative estimate of drug-likeness (QED) is 0.498. The minimum absolute atomic E-state index is 0.00930. The molecule has 1 saturated heterocycles. The molecule has 3 aromatic rings. The first-order valence-corrected chi connectivity index (χ1v) is 13.2. The molecule has 2 aliphatic heterocycles. The van der Waals surface area contributed by atoms with E-state index in [-0.39, 0.29) is 36.2 Å². The van der Waals surface area contributed by atoms with Crippen molar-refractivity contribution in [3.63, 3.8) is 0 Å². The van der Waals surface area contributed by atoms with E-state index in [0.717, 1.165) is 15.4 Å². The molecule has 3 amide bonds. The number of urea groups is 1. The van der Waals surface area contributed by atoms with Crippen molar-refractivity contribution in [1.29, 1.82) is 0 Å². The number of hydrogen-bond donors (Lipinski definition) is 0. The summed E-state index contributed by atoms with van der Waals surface area (Å²) in [4.78, 5) is 29.6. The Balaban J connectivity index is 1.39. The van der Waals surface area contributed by atoms with Crippen molar-refractivity contribution >= 4 is 27.6 Å². The Bertz CT molecular complexity index is 1420. The molecule has 7 nitrogen and oxygen atoms in total. The largest absolute Gasteiger partial charge is 0.338 e. The number of carbonyl (C=O) groups is 2. The molecule has 0 aromatic heterocycles. The van der Waals surface area contributed by atoms with Crippen molar-refractivity contribution in [2.75, 3.05) is 18.0 Å². The maximum atomic E-state index is 13.6. The van der Waals surface area contributed by atoms with E-state index in [9.17, 15) is 22.4 Å². The molecule has 5 rings (SSSR count). The van der Waals surface area contributed by atoms with Crippen LogP contribution in [-0.4, -0.2) is 42.7 Å². The molecule has 0 N–H and O–H groups in total. The summed E-state index contributed by atoms with van der Waals surface area (Å²) >= 11 is 0. The minimum atomic E-state index is -4.10. The summed E-state index contributed by atoms with van der Waals surface area (Å²) in [5.41, 5.74) is 2.96. The van der Waals surface area contributed by atoms with E-state index in [0.29, 0.717) is 24.3 Å². The van der Waals surface area contributed by atoms with Crippen LogP contribution in [0.4, 0.5) is 14.9 Å². The Morgan fingerprint density at radius 2 is 1.67 bits per heavy atom. The average Bonchev–Trinajstić information content (AvgIpc) is 3.19. The summed E-state index contributed by atoms with van der Waals surface area (Å²) < 4.78 is 40.9. The number of hydrogen-bond acceptors (Lipinski definition) is 4. The highest BCUT2D eigenvalue weighted by atomic mass is 32.2. The Labute approximate surface area is 209 Å². The third-order valence-corrected chi connectivity index (χ3v) is 8.37. The van der Waals surface area contributed by atoms with Crippen LogP contribution in [0.15, 0.2) is 77.7 Å². The molecule has 2 aliphatic rings. The first-order chi connectivity index (χ1) is 17.2. The molecule has 3 aromatic carbocycles. The van der Waals surface area contributed by atoms with E-state index in [4.69, 9.17) is 0 Å². The van der Waals surface area contributed by atoms with Gasteiger partial charge in [-0.25, -0.2) is 21.9 Å². The Morgan fingerprint density at radius 1 is 0.917 bits per heavy atom. The van der Waals surface area contributed by atoms with Crippen LogP contribution in [0.3, 0.4) is 0 Å². The zero-order chi connectivity index (χ0) is 25.4. The number of rotatable bonds is 6. The Kier molecular flexibility index (Phi) is 6.26. The molecule has 0 radical (unpaired) electrons. The molecule has 36 heavy (non-hydrogen) atoms. The predicted molar refractivity (Wildman–Crippen MR) is 133 cm³/mol. The number of anilines is 1. The number of likely N-dealkylation sites (tertiary alicyclic amines) is 1. The molecule has 0 aliphatic carbocycles. The third-order valence-electron chi connectivity index (χ3n) is 6.60. The third kappa shape index (κ3) is 4.58. The monoisotopic (exact) mass is 507 g/mol. The zero-order valence-corrected chi connectivity index (χ0v) is 20.6. The van der Waals surface area contributed by atoms with Crippen LogP contribution in [0.25, 0.3) is 0 Å². The highest BCUT2D eigenvalue weighted by molar-refractivity contribution is 7.90. The fourth-order valence-electron chi connectivity index (χ4n) is 4.86. The summed E-state index contributed by atoms with van der Waals surface area (Å²) in [5.74, 6) is -0.581. The summed E-state index contributed by atoms with van der Waals surface area (Å²) in [6.07, 6.45) is 0.280. The Morgan fingerprint density at radius 3 is 2.42 bits per heavy atom. The number of fused-ring (bicyclic) bond motifs is 1. The lowest BCUT2D eigenvalue weighted by atomic mass is 10.1. The number of halogens is 1. The van der Waals surface area contributed by atoms with E-state index in [1.54, 1.807) is 23.1 Å². The van der Waals surface area contributed by atoms with Crippen molar-refractivity contribution in [2.24, 2.45) is 5.92 Å². The first-order valence-electron chi connectivity index (χ1n) is 11.7. The second-order valence-corrected chi connectivity index (χ2v) is 11.2. The van der Waals surface area contributed by atoms with E-state index in [2.05, 4.69) is 0 Å². The van der Waals surface area contributed by atoms with Crippen molar-refractivity contribution in [3.8, 4) is 0 Å². The van der Waals surface area contributed by atoms with Crippen LogP contribution in [0.1, 0.15) is 23.1 Å². The average molecular weight is 508 g/mol. The second kappa shape index (κ2) is 9.39. The fraction of sp³-hybridized carbons (Fsp3) is 0.259. The van der Waals surface area contributed by atoms with Crippen molar-refractivity contribution in [2.45, 2.75) is 31.3 Å². The van der Waals surface area contributed by atoms with Crippen molar-refractivity contribution in [3.05, 3.63) is 95.3 Å². The molecule has 2 heterocycles. The van der Waals surface area contributed by atoms with Crippen LogP contribution >= 0.6 is 0 Å². The van der Waals surface area contributed by atoms with E-state index >= 15 is 0 Å². The van der Waals surface area contributed by atoms with Gasteiger partial charge in [-0.1, -0.05) is 54.1 Å². The Hall–Kier alpha value is -3.72. The molecule has 1 fully saturated rings. The maximum Gasteiger partial charge on any atom is 0.338 e. The SMILES string of the molecule is Cc1cccc(CN2CC(CN3C(=O)N(Cc4ccc(F)cc4)S(=O)(=O)c4ccccc43)CC2=O)c1. The van der Waals surface area contributed by atoms with Gasteiger partial charge in [-0.2, -0.15) is 0 Å². The fourth-order valence-corrected chi connectivity index (χ4v) is 6.41. The molecule has 186 valence electrons. The highest BCUT2D eigenvalue weighted by Crippen LogP contribution is 2.36. The summed E-state index contributed by atoms with van der Waals surface area (Å²) in [6.45, 7) is 2.97. The molecular formula is C27H26FN3O4S. The number of aryl methyl sites for hydroxylation is 1. The number of carbonyl (C=O) groups excluding carboxylic acids is 2. The van der Waals surface area contributed by atoms with Gasteiger partial charge in [0.2, 0.25) is 5.91 Å². The lowest BCUT2D eigenvalue weighted by Crippen LogP contribution is -2.51. The zero-order valence-electron chi connectivity index (χ0n) is 19.8. The van der Waals surface area contributed by atoms with Gasteiger partial charge in [-0.3, -0.25) is 9.69 Å². The number of sulfonamides is 1. The van der Waals surface area contributed by atoms with Gasteiger partial charge in [-0.15, -0.1) is 0 Å². The van der Waals surface area contributed by atoms with Crippen molar-refractivity contribution in [1.82, 2.24) is 9.21 Å². The van der Waals surface area contributed by atoms with Gasteiger partial charge in [0.05, 0.1) is 12.2 Å². The molecular weight excluding hydrogens is 481 g/mol. The summed E-state index contributed by atoms with van der Waals surface area (Å²) in [7, 11) is -4.10. The van der Waals surface area contributed by atoms with Gasteiger partial charge in [-0.05, 0) is 42.3 Å². The maximum absolute atomic E-state index is 13.6. The second-order valence-electron chi connectivity index (χ2n) is 9.33. The molecule has 0 saturated carbocycles. The van der Waals surface area contributed by atoms with Gasteiger partial charge in [0, 0.05) is 32.0 Å². The van der Waals surface area contributed by atoms with Crippen molar-refractivity contribution < 1.29 is 22.4 Å².